The van der Waals surface area contributed by atoms with Gasteiger partial charge in [0.15, 0.2) is 6.66 Å². The molecule has 0 radical (unpaired) electrons. The van der Waals surface area contributed by atoms with Gasteiger partial charge in [0.1, 0.15) is 13.2 Å². The van der Waals surface area contributed by atoms with E-state index in [4.69, 9.17) is 0 Å². The van der Waals surface area contributed by atoms with Crippen LogP contribution in [0.4, 0.5) is 30.7 Å². The van der Waals surface area contributed by atoms with Gasteiger partial charge in [-0.15, -0.1) is 4.52 Å². The first kappa shape index (κ1) is 17.5. The maximum atomic E-state index is 12.6. The fraction of sp³-hybridized carbons (Fsp3) is 1.00. The topological polar surface area (TPSA) is 35.5 Å². The number of ether oxygens (including phenoxy) is 1. The Hall–Kier alpha value is -0.470. The van der Waals surface area contributed by atoms with Crippen LogP contribution in [0.3, 0.4) is 0 Å². The summed E-state index contributed by atoms with van der Waals surface area (Å²) in [4.78, 5) is 0. The van der Waals surface area contributed by atoms with Gasteiger partial charge in [-0.05, 0) is 4.57 Å². The Bertz CT molecular complexity index is 291. The lowest BCUT2D eigenvalue weighted by molar-refractivity contribution is -0.361. The summed E-state index contributed by atoms with van der Waals surface area (Å²) < 4.78 is 103. The van der Waals surface area contributed by atoms with Crippen LogP contribution < -0.4 is 0 Å². The highest BCUT2D eigenvalue weighted by molar-refractivity contribution is 7.38. The van der Waals surface area contributed by atoms with Crippen LogP contribution in [-0.4, -0.2) is 44.5 Å². The first-order valence-electron chi connectivity index (χ1n) is 4.35. The molecule has 0 heterocycles. The Morgan fingerprint density at radius 2 is 1.50 bits per heavy atom. The Kier molecular flexibility index (Phi) is 5.96. The molecule has 1 atom stereocenters. The summed E-state index contributed by atoms with van der Waals surface area (Å²) in [6.45, 7) is -2.12. The molecule has 0 bridgehead atoms. The summed E-state index contributed by atoms with van der Waals surface area (Å²) in [6, 6.07) is 0. The lowest BCUT2D eigenvalue weighted by Gasteiger charge is -2.27. The number of alkyl halides is 7. The lowest BCUT2D eigenvalue weighted by atomic mass is 10.2. The van der Waals surface area contributed by atoms with Gasteiger partial charge in [-0.1, -0.05) is 0 Å². The van der Waals surface area contributed by atoms with Gasteiger partial charge in [0, 0.05) is 0 Å². The molecular formula is C7H9F7O3P+. The quantitative estimate of drug-likeness (QED) is 0.411. The molecule has 0 rings (SSSR count). The van der Waals surface area contributed by atoms with E-state index >= 15 is 0 Å². The van der Waals surface area contributed by atoms with Crippen molar-refractivity contribution in [3.8, 4) is 0 Å². The van der Waals surface area contributed by atoms with E-state index in [0.29, 0.717) is 0 Å². The molecule has 0 amide bonds. The zero-order chi connectivity index (χ0) is 14.6. The highest BCUT2D eigenvalue weighted by atomic mass is 31.1. The molecule has 108 valence electrons. The average Bonchev–Trinajstić information content (AvgIpc) is 2.14. The zero-order valence-corrected chi connectivity index (χ0v) is 9.83. The number of hydrogen-bond acceptors (Lipinski definition) is 3. The highest BCUT2D eigenvalue weighted by Crippen LogP contribution is 2.46. The first-order valence-corrected chi connectivity index (χ1v) is 5.98. The second kappa shape index (κ2) is 6.12. The normalized spacial score (nSPS) is 14.8. The molecule has 0 aliphatic rings. The van der Waals surface area contributed by atoms with E-state index in [-0.39, 0.29) is 0 Å². The minimum absolute atomic E-state index is 0.459. The summed E-state index contributed by atoms with van der Waals surface area (Å²) in [5, 5.41) is 0. The first-order chi connectivity index (χ1) is 7.92. The van der Waals surface area contributed by atoms with E-state index in [1.165, 1.54) is 0 Å². The van der Waals surface area contributed by atoms with Crippen LogP contribution >= 0.6 is 8.03 Å². The SMILES string of the molecule is C[P+](=O)OCCOCC(F)(F)C(F)(F)C(F)(F)F. The maximum Gasteiger partial charge on any atom is 0.504 e. The van der Waals surface area contributed by atoms with Crippen molar-refractivity contribution in [1.82, 2.24) is 0 Å². The molecule has 0 fully saturated rings. The number of halogens is 7. The second-order valence-electron chi connectivity index (χ2n) is 3.10. The van der Waals surface area contributed by atoms with Crippen LogP contribution in [0.2, 0.25) is 0 Å². The molecule has 18 heavy (non-hydrogen) atoms. The molecule has 0 aliphatic heterocycles. The Morgan fingerprint density at radius 3 is 1.89 bits per heavy atom. The minimum Gasteiger partial charge on any atom is -0.372 e. The smallest absolute Gasteiger partial charge is 0.372 e. The molecule has 0 aromatic rings. The zero-order valence-electron chi connectivity index (χ0n) is 8.94. The number of hydrogen-bond donors (Lipinski definition) is 0. The molecule has 0 aliphatic carbocycles. The molecule has 3 nitrogen and oxygen atoms in total. The van der Waals surface area contributed by atoms with E-state index in [0.717, 1.165) is 6.66 Å². The molecule has 0 saturated heterocycles. The molecule has 0 N–H and O–H groups in total. The monoisotopic (exact) mass is 305 g/mol. The van der Waals surface area contributed by atoms with E-state index in [9.17, 15) is 35.3 Å². The molecule has 11 heteroatoms. The molecular weight excluding hydrogens is 296 g/mol. The van der Waals surface area contributed by atoms with Crippen molar-refractivity contribution in [1.29, 1.82) is 0 Å². The predicted molar refractivity (Wildman–Crippen MR) is 46.3 cm³/mol. The fourth-order valence-corrected chi connectivity index (χ4v) is 1.05. The van der Waals surface area contributed by atoms with Crippen LogP contribution in [0.1, 0.15) is 0 Å². The summed E-state index contributed by atoms with van der Waals surface area (Å²) >= 11 is 0. The molecule has 0 aromatic heterocycles. The largest absolute Gasteiger partial charge is 0.504 e. The number of rotatable bonds is 7. The van der Waals surface area contributed by atoms with Crippen molar-refractivity contribution >= 4 is 8.03 Å². The molecule has 1 unspecified atom stereocenters. The average molecular weight is 305 g/mol. The molecule has 0 aromatic carbocycles. The van der Waals surface area contributed by atoms with Crippen LogP contribution in [0.15, 0.2) is 0 Å². The Morgan fingerprint density at radius 1 is 1.00 bits per heavy atom. The van der Waals surface area contributed by atoms with E-state index in [2.05, 4.69) is 9.26 Å². The van der Waals surface area contributed by atoms with E-state index < -0.39 is 45.9 Å². The third-order valence-electron chi connectivity index (χ3n) is 1.60. The van der Waals surface area contributed by atoms with Gasteiger partial charge in [0.25, 0.3) is 0 Å². The van der Waals surface area contributed by atoms with Crippen LogP contribution in [0.5, 0.6) is 0 Å². The minimum atomic E-state index is -6.37. The Balaban J connectivity index is 4.27. The van der Waals surface area contributed by atoms with Gasteiger partial charge in [0.05, 0.1) is 6.61 Å². The van der Waals surface area contributed by atoms with Crippen LogP contribution in [0.25, 0.3) is 0 Å². The van der Waals surface area contributed by atoms with Crippen LogP contribution in [0, 0.1) is 0 Å². The van der Waals surface area contributed by atoms with Gasteiger partial charge in [-0.3, -0.25) is 0 Å². The molecule has 0 saturated carbocycles. The maximum absolute atomic E-state index is 12.6. The third kappa shape index (κ3) is 4.66. The van der Waals surface area contributed by atoms with Crippen molar-refractivity contribution < 1.29 is 44.6 Å². The third-order valence-corrected chi connectivity index (χ3v) is 2.15. The summed E-state index contributed by atoms with van der Waals surface area (Å²) in [7, 11) is -2.03. The highest BCUT2D eigenvalue weighted by Gasteiger charge is 2.72. The van der Waals surface area contributed by atoms with E-state index in [1.807, 2.05) is 0 Å². The van der Waals surface area contributed by atoms with Crippen LogP contribution in [-0.2, 0) is 13.8 Å². The van der Waals surface area contributed by atoms with Crippen molar-refractivity contribution in [3.63, 3.8) is 0 Å². The van der Waals surface area contributed by atoms with Gasteiger partial charge < -0.3 is 4.74 Å². The van der Waals surface area contributed by atoms with Gasteiger partial charge in [-0.2, -0.15) is 30.7 Å². The standard InChI is InChI=1S/C7H9F7O3P/c1-18(15)17-3-2-16-4-5(8,9)6(10,11)7(12,13)14/h2-4H2,1H3/q+1. The lowest BCUT2D eigenvalue weighted by Crippen LogP contribution is -2.54. The summed E-state index contributed by atoms with van der Waals surface area (Å²) in [5.74, 6) is -11.6. The summed E-state index contributed by atoms with van der Waals surface area (Å²) in [6.07, 6.45) is -6.37. The predicted octanol–water partition coefficient (Wildman–Crippen LogP) is 3.22. The van der Waals surface area contributed by atoms with Gasteiger partial charge in [0.2, 0.25) is 0 Å². The van der Waals surface area contributed by atoms with Crippen molar-refractivity contribution in [2.75, 3.05) is 26.5 Å². The van der Waals surface area contributed by atoms with Gasteiger partial charge >= 0.3 is 26.0 Å². The van der Waals surface area contributed by atoms with Crippen molar-refractivity contribution in [3.05, 3.63) is 0 Å². The summed E-state index contributed by atoms with van der Waals surface area (Å²) in [5.41, 5.74) is 0. The Labute approximate surface area is 98.1 Å². The van der Waals surface area contributed by atoms with Crippen molar-refractivity contribution in [2.45, 2.75) is 18.0 Å². The van der Waals surface area contributed by atoms with Crippen molar-refractivity contribution in [2.24, 2.45) is 0 Å². The van der Waals surface area contributed by atoms with Gasteiger partial charge in [-0.25, -0.2) is 0 Å². The van der Waals surface area contributed by atoms with E-state index in [1.54, 1.807) is 0 Å². The second-order valence-corrected chi connectivity index (χ2v) is 4.24. The molecule has 0 spiro atoms. The fourth-order valence-electron chi connectivity index (χ4n) is 0.723.